The van der Waals surface area contributed by atoms with Crippen molar-refractivity contribution in [2.45, 2.75) is 32.0 Å². The summed E-state index contributed by atoms with van der Waals surface area (Å²) in [6.07, 6.45) is 5.90. The lowest BCUT2D eigenvalue weighted by Crippen LogP contribution is -2.28. The molecule has 3 rings (SSSR count). The average molecular weight is 208 g/mol. The normalized spacial score (nSPS) is 50.8. The molecule has 0 aromatic carbocycles. The number of aliphatic hydroxyl groups excluding tert-OH is 1. The van der Waals surface area contributed by atoms with E-state index in [9.17, 15) is 9.90 Å². The summed E-state index contributed by atoms with van der Waals surface area (Å²) in [6, 6.07) is 0. The van der Waals surface area contributed by atoms with Gasteiger partial charge in [0.15, 0.2) is 0 Å². The van der Waals surface area contributed by atoms with Gasteiger partial charge in [-0.2, -0.15) is 0 Å². The molecule has 6 atom stereocenters. The Balaban J connectivity index is 1.83. The highest BCUT2D eigenvalue weighted by molar-refractivity contribution is 5.66. The van der Waals surface area contributed by atoms with E-state index in [1.165, 1.54) is 6.92 Å². The maximum absolute atomic E-state index is 11.0. The zero-order valence-electron chi connectivity index (χ0n) is 8.80. The standard InChI is InChI=1S/C12H16O3/c1-6(13)15-10-5-9(14)11-7-2-3-8(4-7)12(10)11/h2-3,7-12,14H,4-5H2,1H3/t7-,8+,9+,10-,11+,12-/m1/s1. The molecule has 3 aliphatic rings. The first-order valence-electron chi connectivity index (χ1n) is 5.70. The van der Waals surface area contributed by atoms with E-state index < -0.39 is 0 Å². The van der Waals surface area contributed by atoms with Gasteiger partial charge in [0.1, 0.15) is 6.10 Å². The molecule has 0 aliphatic heterocycles. The fraction of sp³-hybridized carbons (Fsp3) is 0.750. The molecule has 3 nitrogen and oxygen atoms in total. The topological polar surface area (TPSA) is 46.5 Å². The van der Waals surface area contributed by atoms with Gasteiger partial charge in [0, 0.05) is 19.3 Å². The number of rotatable bonds is 1. The van der Waals surface area contributed by atoms with Crippen LogP contribution in [0.15, 0.2) is 12.2 Å². The predicted molar refractivity (Wildman–Crippen MR) is 53.9 cm³/mol. The summed E-state index contributed by atoms with van der Waals surface area (Å²) in [7, 11) is 0. The van der Waals surface area contributed by atoms with Gasteiger partial charge in [-0.25, -0.2) is 0 Å². The Bertz CT molecular complexity index is 323. The van der Waals surface area contributed by atoms with Crippen molar-refractivity contribution in [1.29, 1.82) is 0 Å². The minimum Gasteiger partial charge on any atom is -0.462 e. The zero-order valence-corrected chi connectivity index (χ0v) is 8.80. The van der Waals surface area contributed by atoms with E-state index in [0.29, 0.717) is 30.1 Å². The minimum atomic E-state index is -0.278. The molecule has 0 spiro atoms. The van der Waals surface area contributed by atoms with Crippen LogP contribution in [-0.4, -0.2) is 23.3 Å². The molecule has 0 radical (unpaired) electrons. The molecule has 1 N–H and O–H groups in total. The first kappa shape index (κ1) is 9.40. The molecule has 0 aromatic heterocycles. The van der Waals surface area contributed by atoms with Gasteiger partial charge in [-0.15, -0.1) is 0 Å². The predicted octanol–water partition coefficient (Wildman–Crippen LogP) is 1.12. The fourth-order valence-electron chi connectivity index (χ4n) is 3.86. The van der Waals surface area contributed by atoms with Gasteiger partial charge < -0.3 is 9.84 Å². The molecule has 2 bridgehead atoms. The fourth-order valence-corrected chi connectivity index (χ4v) is 3.86. The smallest absolute Gasteiger partial charge is 0.302 e. The van der Waals surface area contributed by atoms with Crippen LogP contribution in [0, 0.1) is 23.7 Å². The molecule has 0 saturated heterocycles. The lowest BCUT2D eigenvalue weighted by atomic mass is 9.84. The third-order valence-corrected chi connectivity index (χ3v) is 4.25. The second kappa shape index (κ2) is 3.08. The Morgan fingerprint density at radius 1 is 1.27 bits per heavy atom. The zero-order chi connectivity index (χ0) is 10.6. The van der Waals surface area contributed by atoms with Crippen LogP contribution in [0.1, 0.15) is 19.8 Å². The van der Waals surface area contributed by atoms with Crippen LogP contribution >= 0.6 is 0 Å². The summed E-state index contributed by atoms with van der Waals surface area (Å²) in [5.74, 6) is 1.54. The number of fused-ring (bicyclic) bond motifs is 5. The number of allylic oxidation sites excluding steroid dienone is 2. The molecular formula is C12H16O3. The van der Waals surface area contributed by atoms with Crippen LogP contribution in [0.4, 0.5) is 0 Å². The lowest BCUT2D eigenvalue weighted by Gasteiger charge is -2.25. The van der Waals surface area contributed by atoms with Crippen molar-refractivity contribution in [3.05, 3.63) is 12.2 Å². The van der Waals surface area contributed by atoms with Crippen LogP contribution in [-0.2, 0) is 9.53 Å². The summed E-state index contributed by atoms with van der Waals surface area (Å²) < 4.78 is 5.32. The van der Waals surface area contributed by atoms with E-state index in [1.807, 2.05) is 0 Å². The second-order valence-corrected chi connectivity index (χ2v) is 5.05. The Morgan fingerprint density at radius 2 is 1.93 bits per heavy atom. The molecule has 2 fully saturated rings. The molecule has 15 heavy (non-hydrogen) atoms. The van der Waals surface area contributed by atoms with Gasteiger partial charge in [0.05, 0.1) is 6.10 Å². The number of ether oxygens (including phenoxy) is 1. The molecule has 0 amide bonds. The number of hydrogen-bond donors (Lipinski definition) is 1. The summed E-state index contributed by atoms with van der Waals surface area (Å²) >= 11 is 0. The van der Waals surface area contributed by atoms with Gasteiger partial charge in [-0.3, -0.25) is 4.79 Å². The SMILES string of the molecule is CC(=O)O[C@@H]1C[C@H](O)[C@H]2[C@@H]1[C@H]1C=C[C@@H]2C1. The Kier molecular flexibility index (Phi) is 1.93. The monoisotopic (exact) mass is 208 g/mol. The van der Waals surface area contributed by atoms with E-state index >= 15 is 0 Å². The van der Waals surface area contributed by atoms with Gasteiger partial charge in [-0.1, -0.05) is 12.2 Å². The number of carbonyl (C=O) groups excluding carboxylic acids is 1. The molecular weight excluding hydrogens is 192 g/mol. The molecule has 3 heteroatoms. The maximum atomic E-state index is 11.0. The average Bonchev–Trinajstić information content (AvgIpc) is 2.78. The highest BCUT2D eigenvalue weighted by atomic mass is 16.5. The molecule has 0 heterocycles. The number of carbonyl (C=O) groups is 1. The van der Waals surface area contributed by atoms with Crippen LogP contribution in [0.3, 0.4) is 0 Å². The lowest BCUT2D eigenvalue weighted by molar-refractivity contribution is -0.148. The van der Waals surface area contributed by atoms with Crippen molar-refractivity contribution in [1.82, 2.24) is 0 Å². The molecule has 0 unspecified atom stereocenters. The number of aliphatic hydroxyl groups is 1. The first-order valence-corrected chi connectivity index (χ1v) is 5.70. The summed E-state index contributed by atoms with van der Waals surface area (Å²) in [4.78, 5) is 11.0. The van der Waals surface area contributed by atoms with E-state index in [0.717, 1.165) is 6.42 Å². The summed E-state index contributed by atoms with van der Waals surface area (Å²) in [5.41, 5.74) is 0. The highest BCUT2D eigenvalue weighted by Crippen LogP contribution is 2.56. The third kappa shape index (κ3) is 1.26. The van der Waals surface area contributed by atoms with Crippen LogP contribution in [0.5, 0.6) is 0 Å². The number of esters is 1. The van der Waals surface area contributed by atoms with E-state index in [4.69, 9.17) is 4.74 Å². The maximum Gasteiger partial charge on any atom is 0.302 e. The van der Waals surface area contributed by atoms with Crippen molar-refractivity contribution < 1.29 is 14.6 Å². The highest BCUT2D eigenvalue weighted by Gasteiger charge is 2.56. The van der Waals surface area contributed by atoms with Crippen molar-refractivity contribution in [3.8, 4) is 0 Å². The molecule has 2 saturated carbocycles. The quantitative estimate of drug-likeness (QED) is 0.519. The van der Waals surface area contributed by atoms with Crippen molar-refractivity contribution >= 4 is 5.97 Å². The van der Waals surface area contributed by atoms with Crippen LogP contribution in [0.2, 0.25) is 0 Å². The Hall–Kier alpha value is -0.830. The van der Waals surface area contributed by atoms with Crippen molar-refractivity contribution in [2.24, 2.45) is 23.7 Å². The van der Waals surface area contributed by atoms with E-state index in [2.05, 4.69) is 12.2 Å². The third-order valence-electron chi connectivity index (χ3n) is 4.25. The molecule has 82 valence electrons. The van der Waals surface area contributed by atoms with Crippen molar-refractivity contribution in [3.63, 3.8) is 0 Å². The second-order valence-electron chi connectivity index (χ2n) is 5.05. The van der Waals surface area contributed by atoms with Crippen LogP contribution in [0.25, 0.3) is 0 Å². The van der Waals surface area contributed by atoms with Gasteiger partial charge >= 0.3 is 5.97 Å². The van der Waals surface area contributed by atoms with Gasteiger partial charge in [0.2, 0.25) is 0 Å². The number of hydrogen-bond acceptors (Lipinski definition) is 3. The van der Waals surface area contributed by atoms with Gasteiger partial charge in [0.25, 0.3) is 0 Å². The van der Waals surface area contributed by atoms with Crippen molar-refractivity contribution in [2.75, 3.05) is 0 Å². The Labute approximate surface area is 89.1 Å². The van der Waals surface area contributed by atoms with E-state index in [1.54, 1.807) is 0 Å². The van der Waals surface area contributed by atoms with Crippen LogP contribution < -0.4 is 0 Å². The Morgan fingerprint density at radius 3 is 2.60 bits per heavy atom. The summed E-state index contributed by atoms with van der Waals surface area (Å²) in [6.45, 7) is 1.45. The van der Waals surface area contributed by atoms with Gasteiger partial charge in [-0.05, 0) is 24.2 Å². The molecule has 3 aliphatic carbocycles. The largest absolute Gasteiger partial charge is 0.462 e. The van der Waals surface area contributed by atoms with E-state index in [-0.39, 0.29) is 18.2 Å². The molecule has 0 aromatic rings. The summed E-state index contributed by atoms with van der Waals surface area (Å²) in [5, 5.41) is 9.98. The minimum absolute atomic E-state index is 0.0533. The first-order chi connectivity index (χ1) is 7.16.